The SMILES string of the molecule is CC[C@H]1CN(CC(=O)NCCC2=CCCCC2)CCN1C[C@@H](C)O. The van der Waals surface area contributed by atoms with Gasteiger partial charge < -0.3 is 10.4 Å². The second-order valence-corrected chi connectivity index (χ2v) is 7.35. The first-order chi connectivity index (χ1) is 11.6. The summed E-state index contributed by atoms with van der Waals surface area (Å²) in [6, 6.07) is 0.438. The van der Waals surface area contributed by atoms with Crippen molar-refractivity contribution in [2.75, 3.05) is 39.3 Å². The molecule has 1 amide bonds. The molecule has 0 spiro atoms. The van der Waals surface area contributed by atoms with Gasteiger partial charge in [-0.05, 0) is 45.4 Å². The number of nitrogens with zero attached hydrogens (tertiary/aromatic N) is 2. The normalized spacial score (nSPS) is 24.5. The minimum Gasteiger partial charge on any atom is -0.392 e. The van der Waals surface area contributed by atoms with E-state index in [0.717, 1.165) is 45.6 Å². The molecule has 1 aliphatic carbocycles. The van der Waals surface area contributed by atoms with Crippen molar-refractivity contribution in [3.8, 4) is 0 Å². The molecule has 2 rings (SSSR count). The standard InChI is InChI=1S/C19H35N3O2/c1-3-18-14-21(11-12-22(18)13-16(2)23)15-19(24)20-10-9-17-7-5-4-6-8-17/h7,16,18,23H,3-6,8-15H2,1-2H3,(H,20,24)/t16-,18+/m1/s1. The quantitative estimate of drug-likeness (QED) is 0.663. The van der Waals surface area contributed by atoms with Crippen LogP contribution in [0.3, 0.4) is 0 Å². The van der Waals surface area contributed by atoms with Gasteiger partial charge in [-0.1, -0.05) is 18.6 Å². The molecule has 1 fully saturated rings. The summed E-state index contributed by atoms with van der Waals surface area (Å²) in [5.74, 6) is 0.144. The van der Waals surface area contributed by atoms with Crippen LogP contribution < -0.4 is 5.32 Å². The van der Waals surface area contributed by atoms with Gasteiger partial charge in [-0.15, -0.1) is 0 Å². The molecule has 0 radical (unpaired) electrons. The fraction of sp³-hybridized carbons (Fsp3) is 0.842. The molecule has 5 nitrogen and oxygen atoms in total. The predicted molar refractivity (Wildman–Crippen MR) is 98.0 cm³/mol. The highest BCUT2D eigenvalue weighted by atomic mass is 16.3. The molecule has 1 aliphatic heterocycles. The molecule has 1 saturated heterocycles. The average Bonchev–Trinajstić information content (AvgIpc) is 2.56. The van der Waals surface area contributed by atoms with Crippen LogP contribution in [0.5, 0.6) is 0 Å². The average molecular weight is 338 g/mol. The van der Waals surface area contributed by atoms with E-state index in [1.165, 1.54) is 31.3 Å². The largest absolute Gasteiger partial charge is 0.392 e. The van der Waals surface area contributed by atoms with E-state index in [9.17, 15) is 9.90 Å². The molecule has 1 heterocycles. The number of amides is 1. The Hall–Kier alpha value is -0.910. The highest BCUT2D eigenvalue weighted by Crippen LogP contribution is 2.19. The Bertz CT molecular complexity index is 423. The van der Waals surface area contributed by atoms with E-state index in [1.807, 2.05) is 6.92 Å². The molecule has 2 atom stereocenters. The molecule has 0 bridgehead atoms. The summed E-state index contributed by atoms with van der Waals surface area (Å²) < 4.78 is 0. The van der Waals surface area contributed by atoms with Crippen molar-refractivity contribution < 1.29 is 9.90 Å². The maximum Gasteiger partial charge on any atom is 0.234 e. The first kappa shape index (κ1) is 19.4. The Morgan fingerprint density at radius 2 is 2.25 bits per heavy atom. The zero-order valence-corrected chi connectivity index (χ0v) is 15.5. The van der Waals surface area contributed by atoms with E-state index in [0.29, 0.717) is 12.6 Å². The fourth-order valence-corrected chi connectivity index (χ4v) is 3.82. The van der Waals surface area contributed by atoms with Gasteiger partial charge in [-0.2, -0.15) is 0 Å². The lowest BCUT2D eigenvalue weighted by Gasteiger charge is -2.41. The molecule has 0 unspecified atom stereocenters. The van der Waals surface area contributed by atoms with Crippen LogP contribution >= 0.6 is 0 Å². The Kier molecular flexibility index (Phi) is 8.22. The summed E-state index contributed by atoms with van der Waals surface area (Å²) in [6.07, 6.45) is 9.15. The number of rotatable bonds is 8. The van der Waals surface area contributed by atoms with Crippen LogP contribution in [0.4, 0.5) is 0 Å². The highest BCUT2D eigenvalue weighted by Gasteiger charge is 2.27. The highest BCUT2D eigenvalue weighted by molar-refractivity contribution is 5.78. The van der Waals surface area contributed by atoms with E-state index >= 15 is 0 Å². The Morgan fingerprint density at radius 3 is 2.92 bits per heavy atom. The zero-order valence-electron chi connectivity index (χ0n) is 15.5. The number of carbonyl (C=O) groups excluding carboxylic acids is 1. The van der Waals surface area contributed by atoms with Gasteiger partial charge in [0.2, 0.25) is 5.91 Å². The van der Waals surface area contributed by atoms with Crippen molar-refractivity contribution >= 4 is 5.91 Å². The molecular weight excluding hydrogens is 302 g/mol. The number of hydrogen-bond donors (Lipinski definition) is 2. The number of piperazine rings is 1. The van der Waals surface area contributed by atoms with Crippen molar-refractivity contribution in [2.24, 2.45) is 0 Å². The molecule has 138 valence electrons. The van der Waals surface area contributed by atoms with Crippen LogP contribution in [0.25, 0.3) is 0 Å². The first-order valence-corrected chi connectivity index (χ1v) is 9.67. The summed E-state index contributed by atoms with van der Waals surface area (Å²) in [4.78, 5) is 16.8. The lowest BCUT2D eigenvalue weighted by molar-refractivity contribution is -0.123. The third-order valence-corrected chi connectivity index (χ3v) is 5.18. The van der Waals surface area contributed by atoms with E-state index in [1.54, 1.807) is 0 Å². The van der Waals surface area contributed by atoms with E-state index in [2.05, 4.69) is 28.1 Å². The van der Waals surface area contributed by atoms with Crippen molar-refractivity contribution in [2.45, 2.75) is 64.5 Å². The molecular formula is C19H35N3O2. The third-order valence-electron chi connectivity index (χ3n) is 5.18. The number of β-amino-alcohol motifs (C(OH)–C–C–N with tert-alkyl or cyclic N) is 1. The van der Waals surface area contributed by atoms with Crippen LogP contribution in [-0.2, 0) is 4.79 Å². The minimum atomic E-state index is -0.289. The van der Waals surface area contributed by atoms with Crippen LogP contribution in [0.2, 0.25) is 0 Å². The smallest absolute Gasteiger partial charge is 0.234 e. The van der Waals surface area contributed by atoms with Gasteiger partial charge >= 0.3 is 0 Å². The van der Waals surface area contributed by atoms with Gasteiger partial charge in [0.15, 0.2) is 0 Å². The second kappa shape index (κ2) is 10.2. The molecule has 2 N–H and O–H groups in total. The number of nitrogens with one attached hydrogen (secondary N) is 1. The number of carbonyl (C=O) groups is 1. The minimum absolute atomic E-state index is 0.144. The fourth-order valence-electron chi connectivity index (χ4n) is 3.82. The van der Waals surface area contributed by atoms with Crippen molar-refractivity contribution in [3.63, 3.8) is 0 Å². The van der Waals surface area contributed by atoms with E-state index < -0.39 is 0 Å². The summed E-state index contributed by atoms with van der Waals surface area (Å²) >= 11 is 0. The Morgan fingerprint density at radius 1 is 1.42 bits per heavy atom. The number of allylic oxidation sites excluding steroid dienone is 1. The van der Waals surface area contributed by atoms with E-state index in [4.69, 9.17) is 0 Å². The van der Waals surface area contributed by atoms with Gasteiger partial charge in [-0.25, -0.2) is 0 Å². The molecule has 5 heteroatoms. The first-order valence-electron chi connectivity index (χ1n) is 9.67. The van der Waals surface area contributed by atoms with Crippen molar-refractivity contribution in [1.29, 1.82) is 0 Å². The van der Waals surface area contributed by atoms with Crippen LogP contribution in [-0.4, -0.2) is 72.2 Å². The molecule has 0 aromatic carbocycles. The van der Waals surface area contributed by atoms with Crippen LogP contribution in [0.1, 0.15) is 52.4 Å². The summed E-state index contributed by atoms with van der Waals surface area (Å²) in [5, 5.41) is 12.7. The van der Waals surface area contributed by atoms with Crippen molar-refractivity contribution in [3.05, 3.63) is 11.6 Å². The maximum atomic E-state index is 12.2. The Balaban J connectivity index is 1.67. The monoisotopic (exact) mass is 337 g/mol. The second-order valence-electron chi connectivity index (χ2n) is 7.35. The summed E-state index contributed by atoms with van der Waals surface area (Å²) in [5.41, 5.74) is 1.51. The molecule has 2 aliphatic rings. The lowest BCUT2D eigenvalue weighted by atomic mass is 9.97. The van der Waals surface area contributed by atoms with Gasteiger partial charge in [-0.3, -0.25) is 14.6 Å². The molecule has 0 saturated carbocycles. The van der Waals surface area contributed by atoms with Crippen LogP contribution in [0, 0.1) is 0 Å². The summed E-state index contributed by atoms with van der Waals surface area (Å²) in [6.45, 7) is 8.78. The summed E-state index contributed by atoms with van der Waals surface area (Å²) in [7, 11) is 0. The third kappa shape index (κ3) is 6.54. The van der Waals surface area contributed by atoms with Gasteiger partial charge in [0.25, 0.3) is 0 Å². The van der Waals surface area contributed by atoms with Crippen LogP contribution in [0.15, 0.2) is 11.6 Å². The molecule has 24 heavy (non-hydrogen) atoms. The number of hydrogen-bond acceptors (Lipinski definition) is 4. The van der Waals surface area contributed by atoms with Gasteiger partial charge in [0.1, 0.15) is 0 Å². The van der Waals surface area contributed by atoms with Gasteiger partial charge in [0.05, 0.1) is 12.6 Å². The predicted octanol–water partition coefficient (Wildman–Crippen LogP) is 1.77. The number of aliphatic hydroxyl groups excluding tert-OH is 1. The lowest BCUT2D eigenvalue weighted by Crippen LogP contribution is -2.56. The van der Waals surface area contributed by atoms with Crippen molar-refractivity contribution in [1.82, 2.24) is 15.1 Å². The van der Waals surface area contributed by atoms with Gasteiger partial charge in [0, 0.05) is 38.8 Å². The van der Waals surface area contributed by atoms with E-state index in [-0.39, 0.29) is 12.0 Å². The molecule has 0 aromatic heterocycles. The molecule has 0 aromatic rings. The maximum absolute atomic E-state index is 12.2. The number of aliphatic hydroxyl groups is 1. The topological polar surface area (TPSA) is 55.8 Å². The Labute approximate surface area is 147 Å². The zero-order chi connectivity index (χ0) is 17.4.